The van der Waals surface area contributed by atoms with Crippen LogP contribution in [0.5, 0.6) is 5.75 Å². The molecule has 9 heteroatoms. The highest BCUT2D eigenvalue weighted by Gasteiger charge is 2.63. The van der Waals surface area contributed by atoms with Crippen molar-refractivity contribution < 1.29 is 27.9 Å². The van der Waals surface area contributed by atoms with Crippen LogP contribution in [0, 0.1) is 5.41 Å². The van der Waals surface area contributed by atoms with E-state index in [9.17, 15) is 23.1 Å². The molecule has 0 spiro atoms. The molecule has 2 saturated carbocycles. The van der Waals surface area contributed by atoms with E-state index in [1.54, 1.807) is 19.2 Å². The van der Waals surface area contributed by atoms with Crippen LogP contribution in [0.4, 0.5) is 0 Å². The van der Waals surface area contributed by atoms with Gasteiger partial charge >= 0.3 is 5.97 Å². The molecule has 3 aromatic rings. The summed E-state index contributed by atoms with van der Waals surface area (Å²) in [4.78, 5) is 25.6. The molecule has 0 radical (unpaired) electrons. The predicted molar refractivity (Wildman–Crippen MR) is 144 cm³/mol. The number of amides is 1. The average molecular weight is 537 g/mol. The standard InChI is InChI=1S/C29H32N2O6S/c1-3-38(35,36)30-27(32)18-9-11-21-24(13-18)31-16-29(28(33)34)15-23(29)22-14-19(37-2)10-12-20(22)26(31)25(21)17-7-5-4-6-8-17/h9-14,17,23H,3-8,15-16H2,1-2H3,(H,30,32)(H,33,34). The van der Waals surface area contributed by atoms with Crippen LogP contribution >= 0.6 is 0 Å². The Morgan fingerprint density at radius 2 is 1.89 bits per heavy atom. The Hall–Kier alpha value is -3.33. The maximum atomic E-state index is 12.9. The number of hydrogen-bond donors (Lipinski definition) is 2. The Kier molecular flexibility index (Phi) is 5.83. The summed E-state index contributed by atoms with van der Waals surface area (Å²) < 4.78 is 33.9. The van der Waals surface area contributed by atoms with Gasteiger partial charge in [-0.1, -0.05) is 25.3 Å². The third-order valence-corrected chi connectivity index (χ3v) is 10.1. The monoisotopic (exact) mass is 536 g/mol. The smallest absolute Gasteiger partial charge is 0.312 e. The second-order valence-corrected chi connectivity index (χ2v) is 12.9. The van der Waals surface area contributed by atoms with Crippen molar-refractivity contribution in [3.05, 3.63) is 53.1 Å². The van der Waals surface area contributed by atoms with Crippen molar-refractivity contribution in [2.24, 2.45) is 5.41 Å². The Morgan fingerprint density at radius 1 is 1.13 bits per heavy atom. The van der Waals surface area contributed by atoms with Crippen molar-refractivity contribution in [2.75, 3.05) is 12.9 Å². The van der Waals surface area contributed by atoms with Gasteiger partial charge in [-0.25, -0.2) is 13.1 Å². The summed E-state index contributed by atoms with van der Waals surface area (Å²) in [5, 5.41) is 11.4. The number of ether oxygens (including phenoxy) is 1. The number of fused-ring (bicyclic) bond motifs is 7. The van der Waals surface area contributed by atoms with E-state index in [-0.39, 0.29) is 17.2 Å². The average Bonchev–Trinajstić information content (AvgIpc) is 3.59. The van der Waals surface area contributed by atoms with Gasteiger partial charge in [0.15, 0.2) is 0 Å². The third-order valence-electron chi connectivity index (χ3n) is 8.84. The molecular formula is C29H32N2O6S. The number of carboxylic acids is 1. The molecule has 2 aliphatic carbocycles. The highest BCUT2D eigenvalue weighted by molar-refractivity contribution is 7.90. The number of sulfonamides is 1. The van der Waals surface area contributed by atoms with Gasteiger partial charge < -0.3 is 14.4 Å². The highest BCUT2D eigenvalue weighted by atomic mass is 32.2. The maximum Gasteiger partial charge on any atom is 0.312 e. The third kappa shape index (κ3) is 3.82. The lowest BCUT2D eigenvalue weighted by Gasteiger charge is -2.24. The van der Waals surface area contributed by atoms with Gasteiger partial charge in [-0.2, -0.15) is 0 Å². The number of benzene rings is 2. The first kappa shape index (κ1) is 25.0. The summed E-state index contributed by atoms with van der Waals surface area (Å²) in [5.41, 5.74) is 4.33. The quantitative estimate of drug-likeness (QED) is 0.457. The van der Waals surface area contributed by atoms with Crippen LogP contribution in [0.1, 0.15) is 78.8 Å². The zero-order valence-electron chi connectivity index (χ0n) is 21.6. The van der Waals surface area contributed by atoms with Crippen molar-refractivity contribution in [1.82, 2.24) is 9.29 Å². The van der Waals surface area contributed by atoms with Crippen LogP contribution in [0.25, 0.3) is 22.2 Å². The van der Waals surface area contributed by atoms with Gasteiger partial charge in [0.1, 0.15) is 5.75 Å². The van der Waals surface area contributed by atoms with Crippen LogP contribution in [0.3, 0.4) is 0 Å². The number of carboxylic acid groups (broad SMARTS) is 1. The molecular weight excluding hydrogens is 504 g/mol. The number of methoxy groups -OCH3 is 1. The SMILES string of the molecule is CCS(=O)(=O)NC(=O)c1ccc2c(C3CCCCC3)c3n(c2c1)CC1(C(=O)O)CC1c1cc(OC)ccc1-3. The Labute approximate surface area is 222 Å². The molecule has 0 saturated heterocycles. The largest absolute Gasteiger partial charge is 0.497 e. The van der Waals surface area contributed by atoms with E-state index in [2.05, 4.69) is 9.29 Å². The van der Waals surface area contributed by atoms with Gasteiger partial charge in [-0.15, -0.1) is 0 Å². The Balaban J connectivity index is 1.62. The number of carbonyl (C=O) groups is 2. The summed E-state index contributed by atoms with van der Waals surface area (Å²) in [7, 11) is -2.10. The molecule has 1 amide bonds. The second kappa shape index (κ2) is 8.86. The molecule has 2 aromatic carbocycles. The lowest BCUT2D eigenvalue weighted by atomic mass is 9.81. The summed E-state index contributed by atoms with van der Waals surface area (Å²) in [6, 6.07) is 11.3. The summed E-state index contributed by atoms with van der Waals surface area (Å²) in [5.74, 6) is -0.800. The van der Waals surface area contributed by atoms with E-state index in [1.165, 1.54) is 18.9 Å². The molecule has 2 fully saturated rings. The van der Waals surface area contributed by atoms with E-state index < -0.39 is 27.3 Å². The van der Waals surface area contributed by atoms with Crippen LogP contribution in [-0.4, -0.2) is 42.8 Å². The van der Waals surface area contributed by atoms with E-state index >= 15 is 0 Å². The number of hydrogen-bond acceptors (Lipinski definition) is 5. The number of rotatable bonds is 6. The Morgan fingerprint density at radius 3 is 2.58 bits per heavy atom. The van der Waals surface area contributed by atoms with Crippen molar-refractivity contribution in [3.8, 4) is 17.0 Å². The van der Waals surface area contributed by atoms with Crippen LogP contribution in [0.15, 0.2) is 36.4 Å². The van der Waals surface area contributed by atoms with Gasteiger partial charge in [-0.05, 0) is 73.6 Å². The zero-order chi connectivity index (χ0) is 26.8. The lowest BCUT2D eigenvalue weighted by Crippen LogP contribution is -2.31. The molecule has 6 rings (SSSR count). The number of aromatic nitrogens is 1. The molecule has 1 aliphatic heterocycles. The van der Waals surface area contributed by atoms with Gasteiger partial charge in [0.25, 0.3) is 5.91 Å². The molecule has 1 aromatic heterocycles. The predicted octanol–water partition coefficient (Wildman–Crippen LogP) is 5.02. The lowest BCUT2D eigenvalue weighted by molar-refractivity contribution is -0.144. The van der Waals surface area contributed by atoms with E-state index in [4.69, 9.17) is 4.74 Å². The topological polar surface area (TPSA) is 115 Å². The van der Waals surface area contributed by atoms with E-state index in [0.29, 0.717) is 24.6 Å². The van der Waals surface area contributed by atoms with Crippen LogP contribution in [0.2, 0.25) is 0 Å². The summed E-state index contributed by atoms with van der Waals surface area (Å²) in [6.07, 6.45) is 6.14. The second-order valence-electron chi connectivity index (χ2n) is 10.9. The summed E-state index contributed by atoms with van der Waals surface area (Å²) >= 11 is 0. The van der Waals surface area contributed by atoms with Crippen LogP contribution in [-0.2, 0) is 21.4 Å². The van der Waals surface area contributed by atoms with Gasteiger partial charge in [0, 0.05) is 34.5 Å². The summed E-state index contributed by atoms with van der Waals surface area (Å²) in [6.45, 7) is 1.77. The number of nitrogens with one attached hydrogen (secondary N) is 1. The molecule has 200 valence electrons. The normalized spacial score (nSPS) is 22.6. The van der Waals surface area contributed by atoms with E-state index in [0.717, 1.165) is 53.4 Å². The molecule has 2 N–H and O–H groups in total. The fourth-order valence-corrected chi connectivity index (χ4v) is 7.24. The van der Waals surface area contributed by atoms with E-state index in [1.807, 2.05) is 24.3 Å². The van der Waals surface area contributed by atoms with Crippen molar-refractivity contribution in [1.29, 1.82) is 0 Å². The molecule has 3 aliphatic rings. The van der Waals surface area contributed by atoms with Gasteiger partial charge in [-0.3, -0.25) is 9.59 Å². The highest BCUT2D eigenvalue weighted by Crippen LogP contribution is 2.65. The van der Waals surface area contributed by atoms with Gasteiger partial charge in [0.05, 0.1) is 24.0 Å². The molecule has 38 heavy (non-hydrogen) atoms. The number of nitrogens with zero attached hydrogens (tertiary/aromatic N) is 1. The molecule has 8 nitrogen and oxygen atoms in total. The first-order valence-corrected chi connectivity index (χ1v) is 15.0. The van der Waals surface area contributed by atoms with Crippen molar-refractivity contribution >= 4 is 32.8 Å². The fourth-order valence-electron chi connectivity index (χ4n) is 6.69. The molecule has 0 bridgehead atoms. The number of aliphatic carboxylic acids is 1. The molecule has 2 atom stereocenters. The Bertz CT molecular complexity index is 1580. The first-order valence-electron chi connectivity index (χ1n) is 13.3. The van der Waals surface area contributed by atoms with Gasteiger partial charge in [0.2, 0.25) is 10.0 Å². The minimum absolute atomic E-state index is 0.125. The van der Waals surface area contributed by atoms with Crippen molar-refractivity contribution in [3.63, 3.8) is 0 Å². The molecule has 2 heterocycles. The fraction of sp³-hybridized carbons (Fsp3) is 0.448. The first-order chi connectivity index (χ1) is 18.2. The molecule has 2 unspecified atom stereocenters. The minimum Gasteiger partial charge on any atom is -0.497 e. The number of carbonyl (C=O) groups excluding carboxylic acids is 1. The maximum absolute atomic E-state index is 12.9. The van der Waals surface area contributed by atoms with Crippen LogP contribution < -0.4 is 9.46 Å². The zero-order valence-corrected chi connectivity index (χ0v) is 22.4. The minimum atomic E-state index is -3.72. The van der Waals surface area contributed by atoms with Crippen molar-refractivity contribution in [2.45, 2.75) is 63.8 Å².